The number of halogens is 1. The second kappa shape index (κ2) is 3.97. The molecule has 2 nitrogen and oxygen atoms in total. The van der Waals surface area contributed by atoms with Crippen LogP contribution < -0.4 is 9.47 Å². The summed E-state index contributed by atoms with van der Waals surface area (Å²) in [4.78, 5) is 0. The van der Waals surface area contributed by atoms with Crippen molar-refractivity contribution in [1.29, 1.82) is 0 Å². The lowest BCUT2D eigenvalue weighted by Crippen LogP contribution is -2.04. The fourth-order valence-corrected chi connectivity index (χ4v) is 2.32. The zero-order valence-corrected chi connectivity index (χ0v) is 10.1. The van der Waals surface area contributed by atoms with Gasteiger partial charge in [-0.05, 0) is 18.2 Å². The minimum atomic E-state index is 0.746. The molecular formula is C14H11ClO2. The maximum Gasteiger partial charge on any atom is 0.172 e. The van der Waals surface area contributed by atoms with Crippen LogP contribution in [-0.2, 0) is 6.42 Å². The SMILES string of the molecule is COc1cccc2c1Oc1cccc(Cl)c1C2. The molecule has 0 N–H and O–H groups in total. The summed E-state index contributed by atoms with van der Waals surface area (Å²) in [6.07, 6.45) is 0.779. The molecule has 0 spiro atoms. The Morgan fingerprint density at radius 1 is 1.18 bits per heavy atom. The number of methoxy groups -OCH3 is 1. The molecule has 0 fully saturated rings. The topological polar surface area (TPSA) is 18.5 Å². The third kappa shape index (κ3) is 1.65. The molecule has 1 aliphatic heterocycles. The smallest absolute Gasteiger partial charge is 0.172 e. The first-order valence-corrected chi connectivity index (χ1v) is 5.78. The van der Waals surface area contributed by atoms with Crippen molar-refractivity contribution in [2.45, 2.75) is 6.42 Å². The number of rotatable bonds is 1. The van der Waals surface area contributed by atoms with Gasteiger partial charge < -0.3 is 9.47 Å². The van der Waals surface area contributed by atoms with Gasteiger partial charge in [0.05, 0.1) is 7.11 Å². The van der Waals surface area contributed by atoms with Gasteiger partial charge in [-0.1, -0.05) is 29.8 Å². The van der Waals surface area contributed by atoms with E-state index >= 15 is 0 Å². The normalized spacial score (nSPS) is 12.4. The summed E-state index contributed by atoms with van der Waals surface area (Å²) in [5, 5.41) is 0.746. The van der Waals surface area contributed by atoms with Gasteiger partial charge in [-0.15, -0.1) is 0 Å². The Kier molecular flexibility index (Phi) is 2.45. The maximum atomic E-state index is 6.17. The van der Waals surface area contributed by atoms with Crippen molar-refractivity contribution in [3.63, 3.8) is 0 Å². The van der Waals surface area contributed by atoms with Crippen LogP contribution in [0.4, 0.5) is 0 Å². The number of fused-ring (bicyclic) bond motifs is 2. The monoisotopic (exact) mass is 246 g/mol. The van der Waals surface area contributed by atoms with Crippen molar-refractivity contribution in [3.8, 4) is 17.2 Å². The largest absolute Gasteiger partial charge is 0.493 e. The lowest BCUT2D eigenvalue weighted by atomic mass is 10.00. The first kappa shape index (κ1) is 10.5. The molecule has 3 rings (SSSR count). The second-order valence-electron chi connectivity index (χ2n) is 3.94. The van der Waals surface area contributed by atoms with Gasteiger partial charge in [0.25, 0.3) is 0 Å². The van der Waals surface area contributed by atoms with Crippen molar-refractivity contribution >= 4 is 11.6 Å². The third-order valence-electron chi connectivity index (χ3n) is 2.94. The van der Waals surface area contributed by atoms with Crippen LogP contribution in [0, 0.1) is 0 Å². The van der Waals surface area contributed by atoms with Gasteiger partial charge in [-0.2, -0.15) is 0 Å². The van der Waals surface area contributed by atoms with E-state index < -0.39 is 0 Å². The Hall–Kier alpha value is -1.67. The van der Waals surface area contributed by atoms with Crippen LogP contribution in [0.25, 0.3) is 0 Å². The molecule has 0 saturated carbocycles. The predicted octanol–water partition coefficient (Wildman–Crippen LogP) is 4.05. The van der Waals surface area contributed by atoms with Crippen molar-refractivity contribution in [1.82, 2.24) is 0 Å². The molecule has 0 bridgehead atoms. The van der Waals surface area contributed by atoms with E-state index in [1.807, 2.05) is 36.4 Å². The Bertz CT molecular complexity index is 578. The highest BCUT2D eigenvalue weighted by Gasteiger charge is 2.21. The Labute approximate surface area is 105 Å². The fraction of sp³-hybridized carbons (Fsp3) is 0.143. The Morgan fingerprint density at radius 2 is 2.00 bits per heavy atom. The van der Waals surface area contributed by atoms with Crippen LogP contribution in [0.5, 0.6) is 17.2 Å². The number of hydrogen-bond donors (Lipinski definition) is 0. The van der Waals surface area contributed by atoms with Crippen LogP contribution in [-0.4, -0.2) is 7.11 Å². The van der Waals surface area contributed by atoms with E-state index in [1.165, 1.54) is 0 Å². The molecule has 0 radical (unpaired) electrons. The predicted molar refractivity (Wildman–Crippen MR) is 67.3 cm³/mol. The van der Waals surface area contributed by atoms with E-state index in [-0.39, 0.29) is 0 Å². The minimum absolute atomic E-state index is 0.746. The first-order chi connectivity index (χ1) is 8.29. The molecule has 2 aromatic rings. The number of hydrogen-bond acceptors (Lipinski definition) is 2. The van der Waals surface area contributed by atoms with Gasteiger partial charge >= 0.3 is 0 Å². The lowest BCUT2D eigenvalue weighted by molar-refractivity contribution is 0.371. The van der Waals surface area contributed by atoms with Crippen LogP contribution in [0.2, 0.25) is 5.02 Å². The van der Waals surface area contributed by atoms with Gasteiger partial charge in [0, 0.05) is 22.6 Å². The molecule has 0 unspecified atom stereocenters. The van der Waals surface area contributed by atoms with E-state index in [2.05, 4.69) is 0 Å². The summed E-state index contributed by atoms with van der Waals surface area (Å²) < 4.78 is 11.2. The Balaban J connectivity index is 2.14. The average molecular weight is 247 g/mol. The quantitative estimate of drug-likeness (QED) is 0.645. The van der Waals surface area contributed by atoms with Crippen LogP contribution >= 0.6 is 11.6 Å². The first-order valence-electron chi connectivity index (χ1n) is 5.40. The molecule has 1 aliphatic rings. The molecule has 0 amide bonds. The standard InChI is InChI=1S/C14H11ClO2/c1-16-13-7-2-4-9-8-10-11(15)5-3-6-12(10)17-14(9)13/h2-7H,8H2,1H3. The van der Waals surface area contributed by atoms with Crippen molar-refractivity contribution < 1.29 is 9.47 Å². The third-order valence-corrected chi connectivity index (χ3v) is 3.29. The summed E-state index contributed by atoms with van der Waals surface area (Å²) in [6.45, 7) is 0. The van der Waals surface area contributed by atoms with E-state index in [0.717, 1.165) is 39.8 Å². The van der Waals surface area contributed by atoms with Gasteiger partial charge in [-0.25, -0.2) is 0 Å². The van der Waals surface area contributed by atoms with E-state index in [4.69, 9.17) is 21.1 Å². The van der Waals surface area contributed by atoms with Gasteiger partial charge in [0.15, 0.2) is 11.5 Å². The summed E-state index contributed by atoms with van der Waals surface area (Å²) in [7, 11) is 1.65. The molecule has 0 saturated heterocycles. The number of benzene rings is 2. The van der Waals surface area contributed by atoms with Crippen LogP contribution in [0.1, 0.15) is 11.1 Å². The van der Waals surface area contributed by atoms with Gasteiger partial charge in [0.2, 0.25) is 0 Å². The zero-order valence-electron chi connectivity index (χ0n) is 9.37. The van der Waals surface area contributed by atoms with Gasteiger partial charge in [-0.3, -0.25) is 0 Å². The molecular weight excluding hydrogens is 236 g/mol. The molecule has 0 atom stereocenters. The zero-order chi connectivity index (χ0) is 11.8. The summed E-state index contributed by atoms with van der Waals surface area (Å²) >= 11 is 6.17. The summed E-state index contributed by atoms with van der Waals surface area (Å²) in [5.74, 6) is 2.37. The average Bonchev–Trinajstić information content (AvgIpc) is 2.36. The molecule has 0 aliphatic carbocycles. The summed E-state index contributed by atoms with van der Waals surface area (Å²) in [6, 6.07) is 11.6. The highest BCUT2D eigenvalue weighted by molar-refractivity contribution is 6.31. The molecule has 1 heterocycles. The highest BCUT2D eigenvalue weighted by Crippen LogP contribution is 2.43. The molecule has 17 heavy (non-hydrogen) atoms. The van der Waals surface area contributed by atoms with Crippen molar-refractivity contribution in [2.75, 3.05) is 7.11 Å². The number of para-hydroxylation sites is 1. The number of ether oxygens (including phenoxy) is 2. The highest BCUT2D eigenvalue weighted by atomic mass is 35.5. The Morgan fingerprint density at radius 3 is 2.82 bits per heavy atom. The molecule has 0 aromatic heterocycles. The van der Waals surface area contributed by atoms with Crippen LogP contribution in [0.15, 0.2) is 36.4 Å². The van der Waals surface area contributed by atoms with Gasteiger partial charge in [0.1, 0.15) is 5.75 Å². The van der Waals surface area contributed by atoms with Crippen LogP contribution in [0.3, 0.4) is 0 Å². The fourth-order valence-electron chi connectivity index (χ4n) is 2.08. The van der Waals surface area contributed by atoms with E-state index in [1.54, 1.807) is 7.11 Å². The van der Waals surface area contributed by atoms with E-state index in [0.29, 0.717) is 0 Å². The molecule has 2 aromatic carbocycles. The van der Waals surface area contributed by atoms with Crippen molar-refractivity contribution in [3.05, 3.63) is 52.5 Å². The maximum absolute atomic E-state index is 6.17. The second-order valence-corrected chi connectivity index (χ2v) is 4.35. The molecule has 86 valence electrons. The summed E-state index contributed by atoms with van der Waals surface area (Å²) in [5.41, 5.74) is 2.14. The lowest BCUT2D eigenvalue weighted by Gasteiger charge is -2.22. The minimum Gasteiger partial charge on any atom is -0.493 e. The van der Waals surface area contributed by atoms with E-state index in [9.17, 15) is 0 Å². The van der Waals surface area contributed by atoms with Crippen molar-refractivity contribution in [2.24, 2.45) is 0 Å². The molecule has 3 heteroatoms.